The molecule has 128 valence electrons. The van der Waals surface area contributed by atoms with Gasteiger partial charge in [0.2, 0.25) is 11.0 Å². The predicted octanol–water partition coefficient (Wildman–Crippen LogP) is 4.18. The largest absolute Gasteiger partial charge is 0.357 e. The molecule has 0 spiro atoms. The van der Waals surface area contributed by atoms with Crippen molar-refractivity contribution in [1.29, 1.82) is 0 Å². The summed E-state index contributed by atoms with van der Waals surface area (Å²) >= 11 is 2.84. The van der Waals surface area contributed by atoms with Gasteiger partial charge in [-0.3, -0.25) is 4.79 Å². The van der Waals surface area contributed by atoms with Crippen molar-refractivity contribution in [3.05, 3.63) is 41.5 Å². The molecule has 0 aliphatic rings. The molecule has 2 N–H and O–H groups in total. The summed E-state index contributed by atoms with van der Waals surface area (Å²) in [6.45, 7) is 12.2. The zero-order chi connectivity index (χ0) is 17.7. The molecule has 0 saturated heterocycles. The maximum atomic E-state index is 12.5. The lowest BCUT2D eigenvalue weighted by Crippen LogP contribution is -2.23. The van der Waals surface area contributed by atoms with Crippen molar-refractivity contribution in [3.63, 3.8) is 0 Å². The summed E-state index contributed by atoms with van der Waals surface area (Å²) in [5.41, 5.74) is 4.23. The van der Waals surface area contributed by atoms with Crippen LogP contribution in [0, 0.1) is 20.8 Å². The van der Waals surface area contributed by atoms with Gasteiger partial charge in [0, 0.05) is 12.2 Å². The molecular weight excluding hydrogens is 340 g/mol. The molecule has 7 heteroatoms. The Balaban J connectivity index is 2.00. The normalized spacial score (nSPS) is 11.8. The average molecular weight is 363 g/mol. The lowest BCUT2D eigenvalue weighted by molar-refractivity contribution is -0.115. The number of nitrogens with zero attached hydrogens (tertiary/aromatic N) is 2. The number of hydrogen-bond donors (Lipinski definition) is 2. The molecular formula is C17H22N4OS2. The number of benzene rings is 1. The second kappa shape index (κ2) is 8.30. The minimum absolute atomic E-state index is 0.0362. The Bertz CT molecular complexity index is 719. The van der Waals surface area contributed by atoms with E-state index in [9.17, 15) is 4.79 Å². The molecule has 0 radical (unpaired) electrons. The summed E-state index contributed by atoms with van der Waals surface area (Å²) in [6, 6.07) is 4.14. The average Bonchev–Trinajstić information content (AvgIpc) is 2.95. The van der Waals surface area contributed by atoms with Gasteiger partial charge in [-0.25, -0.2) is 0 Å². The van der Waals surface area contributed by atoms with Gasteiger partial charge in [-0.1, -0.05) is 46.9 Å². The number of thioether (sulfide) groups is 1. The Labute approximate surface area is 151 Å². The SMILES string of the molecule is C=CCNc1nnc(SC(C)C(=O)Nc2c(C)cc(C)cc2C)s1. The lowest BCUT2D eigenvalue weighted by Gasteiger charge is -2.15. The molecule has 5 nitrogen and oxygen atoms in total. The molecule has 2 rings (SSSR count). The van der Waals surface area contributed by atoms with Crippen LogP contribution < -0.4 is 10.6 Å². The number of hydrogen-bond acceptors (Lipinski definition) is 6. The fourth-order valence-corrected chi connectivity index (χ4v) is 4.20. The van der Waals surface area contributed by atoms with Crippen LogP contribution in [0.25, 0.3) is 0 Å². The predicted molar refractivity (Wildman–Crippen MR) is 103 cm³/mol. The standard InChI is InChI=1S/C17H22N4OS2/c1-6-7-18-16-20-21-17(24-16)23-13(5)15(22)19-14-11(3)8-10(2)9-12(14)4/h6,8-9,13H,1,7H2,2-5H3,(H,18,20)(H,19,22). The first-order chi connectivity index (χ1) is 11.4. The number of nitrogens with one attached hydrogen (secondary N) is 2. The summed E-state index contributed by atoms with van der Waals surface area (Å²) in [5, 5.41) is 14.7. The third-order valence-corrected chi connectivity index (χ3v) is 5.44. The first-order valence-electron chi connectivity index (χ1n) is 7.64. The summed E-state index contributed by atoms with van der Waals surface area (Å²) in [6.07, 6.45) is 1.76. The third kappa shape index (κ3) is 4.82. The monoisotopic (exact) mass is 362 g/mol. The Morgan fingerprint density at radius 1 is 1.33 bits per heavy atom. The van der Waals surface area contributed by atoms with Crippen molar-refractivity contribution in [3.8, 4) is 0 Å². The third-order valence-electron chi connectivity index (χ3n) is 3.38. The molecule has 1 aromatic heterocycles. The smallest absolute Gasteiger partial charge is 0.237 e. The van der Waals surface area contributed by atoms with Gasteiger partial charge in [0.1, 0.15) is 0 Å². The number of rotatable bonds is 7. The highest BCUT2D eigenvalue weighted by Gasteiger charge is 2.18. The van der Waals surface area contributed by atoms with Crippen LogP contribution in [0.15, 0.2) is 29.1 Å². The van der Waals surface area contributed by atoms with Crippen molar-refractivity contribution in [2.45, 2.75) is 37.3 Å². The summed E-state index contributed by atoms with van der Waals surface area (Å²) < 4.78 is 0.765. The van der Waals surface area contributed by atoms with Crippen LogP contribution in [0.2, 0.25) is 0 Å². The van der Waals surface area contributed by atoms with Crippen LogP contribution in [0.3, 0.4) is 0 Å². The van der Waals surface area contributed by atoms with E-state index in [0.717, 1.165) is 26.3 Å². The highest BCUT2D eigenvalue weighted by atomic mass is 32.2. The van der Waals surface area contributed by atoms with Crippen molar-refractivity contribution < 1.29 is 4.79 Å². The first-order valence-corrected chi connectivity index (χ1v) is 9.34. The Kier molecular flexibility index (Phi) is 6.39. The van der Waals surface area contributed by atoms with E-state index in [1.54, 1.807) is 6.08 Å². The van der Waals surface area contributed by atoms with Gasteiger partial charge in [0.25, 0.3) is 0 Å². The van der Waals surface area contributed by atoms with E-state index in [4.69, 9.17) is 0 Å². The van der Waals surface area contributed by atoms with Crippen molar-refractivity contribution in [2.24, 2.45) is 0 Å². The van der Waals surface area contributed by atoms with E-state index in [1.807, 2.05) is 20.8 Å². The van der Waals surface area contributed by atoms with Crippen LogP contribution in [0.4, 0.5) is 10.8 Å². The van der Waals surface area contributed by atoms with Crippen LogP contribution >= 0.6 is 23.1 Å². The van der Waals surface area contributed by atoms with Crippen molar-refractivity contribution >= 4 is 39.8 Å². The number of carbonyl (C=O) groups excluding carboxylic acids is 1. The number of amides is 1. The van der Waals surface area contributed by atoms with E-state index in [-0.39, 0.29) is 11.2 Å². The lowest BCUT2D eigenvalue weighted by atomic mass is 10.1. The minimum atomic E-state index is -0.259. The zero-order valence-electron chi connectivity index (χ0n) is 14.3. The molecule has 1 heterocycles. The fourth-order valence-electron chi connectivity index (χ4n) is 2.30. The van der Waals surface area contributed by atoms with Gasteiger partial charge in [-0.15, -0.1) is 16.8 Å². The highest BCUT2D eigenvalue weighted by molar-refractivity contribution is 8.02. The van der Waals surface area contributed by atoms with E-state index in [1.165, 1.54) is 28.7 Å². The molecule has 0 bridgehead atoms. The quantitative estimate of drug-likeness (QED) is 0.571. The van der Waals surface area contributed by atoms with Gasteiger partial charge in [0.05, 0.1) is 5.25 Å². The van der Waals surface area contributed by atoms with Crippen LogP contribution in [0.1, 0.15) is 23.6 Å². The Morgan fingerprint density at radius 2 is 2.00 bits per heavy atom. The van der Waals surface area contributed by atoms with Crippen molar-refractivity contribution in [1.82, 2.24) is 10.2 Å². The summed E-state index contributed by atoms with van der Waals surface area (Å²) in [5.74, 6) is -0.0362. The van der Waals surface area contributed by atoms with Crippen LogP contribution in [0.5, 0.6) is 0 Å². The highest BCUT2D eigenvalue weighted by Crippen LogP contribution is 2.30. The second-order valence-electron chi connectivity index (χ2n) is 5.57. The number of carbonyl (C=O) groups is 1. The van der Waals surface area contributed by atoms with Gasteiger partial charge in [0.15, 0.2) is 4.34 Å². The van der Waals surface area contributed by atoms with Gasteiger partial charge in [-0.2, -0.15) is 0 Å². The second-order valence-corrected chi connectivity index (χ2v) is 8.13. The van der Waals surface area contributed by atoms with E-state index in [2.05, 4.69) is 46.5 Å². The maximum absolute atomic E-state index is 12.5. The Hall–Kier alpha value is -1.86. The maximum Gasteiger partial charge on any atom is 0.237 e. The molecule has 1 aromatic carbocycles. The van der Waals surface area contributed by atoms with Gasteiger partial charge in [-0.05, 0) is 38.8 Å². The number of aromatic nitrogens is 2. The molecule has 0 aliphatic carbocycles. The first kappa shape index (κ1) is 18.5. The van der Waals surface area contributed by atoms with Crippen LogP contribution in [-0.2, 0) is 4.79 Å². The molecule has 0 fully saturated rings. The topological polar surface area (TPSA) is 66.9 Å². The van der Waals surface area contributed by atoms with E-state index in [0.29, 0.717) is 6.54 Å². The number of aryl methyl sites for hydroxylation is 3. The van der Waals surface area contributed by atoms with Crippen molar-refractivity contribution in [2.75, 3.05) is 17.2 Å². The number of anilines is 2. The fraction of sp³-hybridized carbons (Fsp3) is 0.353. The van der Waals surface area contributed by atoms with Crippen LogP contribution in [-0.4, -0.2) is 27.9 Å². The molecule has 2 aromatic rings. The van der Waals surface area contributed by atoms with E-state index < -0.39 is 0 Å². The molecule has 0 aliphatic heterocycles. The molecule has 1 atom stereocenters. The molecule has 1 amide bonds. The minimum Gasteiger partial charge on any atom is -0.357 e. The summed E-state index contributed by atoms with van der Waals surface area (Å²) in [7, 11) is 0. The molecule has 24 heavy (non-hydrogen) atoms. The van der Waals surface area contributed by atoms with Gasteiger partial charge >= 0.3 is 0 Å². The van der Waals surface area contributed by atoms with E-state index >= 15 is 0 Å². The zero-order valence-corrected chi connectivity index (χ0v) is 16.0. The molecule has 0 saturated carbocycles. The van der Waals surface area contributed by atoms with Gasteiger partial charge < -0.3 is 10.6 Å². The Morgan fingerprint density at radius 3 is 2.62 bits per heavy atom. The molecule has 1 unspecified atom stereocenters. The summed E-state index contributed by atoms with van der Waals surface area (Å²) in [4.78, 5) is 12.5.